The molecule has 1 aliphatic heterocycles. The Morgan fingerprint density at radius 3 is 2.48 bits per heavy atom. The molecule has 1 fully saturated rings. The molecular weight excluding hydrogens is 264 g/mol. The van der Waals surface area contributed by atoms with E-state index in [0.717, 1.165) is 38.7 Å². The quantitative estimate of drug-likeness (QED) is 0.854. The molecule has 2 aromatic rings. The summed E-state index contributed by atoms with van der Waals surface area (Å²) in [6.45, 7) is 9.34. The fourth-order valence-electron chi connectivity index (χ4n) is 2.71. The van der Waals surface area contributed by atoms with Crippen LogP contribution in [0.3, 0.4) is 0 Å². The molecule has 0 radical (unpaired) electrons. The van der Waals surface area contributed by atoms with E-state index in [1.54, 1.807) is 12.4 Å². The van der Waals surface area contributed by atoms with Crippen LogP contribution in [0.5, 0.6) is 0 Å². The molecule has 0 bridgehead atoms. The number of hydrogen-bond donors (Lipinski definition) is 0. The SMILES string of the molecule is CC(C)n1cncc1CN1CCN(c2ncccn2)CC1. The maximum Gasteiger partial charge on any atom is 0.225 e. The van der Waals surface area contributed by atoms with Gasteiger partial charge in [-0.1, -0.05) is 0 Å². The van der Waals surface area contributed by atoms with Crippen molar-refractivity contribution in [1.82, 2.24) is 24.4 Å². The first-order valence-electron chi connectivity index (χ1n) is 7.49. The Labute approximate surface area is 125 Å². The lowest BCUT2D eigenvalue weighted by Gasteiger charge is -2.34. The van der Waals surface area contributed by atoms with E-state index in [2.05, 4.69) is 43.2 Å². The second-order valence-corrected chi connectivity index (χ2v) is 5.70. The van der Waals surface area contributed by atoms with Gasteiger partial charge in [-0.25, -0.2) is 15.0 Å². The second kappa shape index (κ2) is 6.22. The van der Waals surface area contributed by atoms with Gasteiger partial charge in [-0.15, -0.1) is 0 Å². The van der Waals surface area contributed by atoms with Crippen molar-refractivity contribution in [3.8, 4) is 0 Å². The molecule has 0 aliphatic carbocycles. The Hall–Kier alpha value is -1.95. The van der Waals surface area contributed by atoms with Gasteiger partial charge in [0.25, 0.3) is 0 Å². The molecule has 0 aromatic carbocycles. The number of aromatic nitrogens is 4. The van der Waals surface area contributed by atoms with Crippen LogP contribution in [0, 0.1) is 0 Å². The lowest BCUT2D eigenvalue weighted by molar-refractivity contribution is 0.241. The zero-order valence-electron chi connectivity index (χ0n) is 12.7. The predicted octanol–water partition coefficient (Wildman–Crippen LogP) is 1.58. The number of imidazole rings is 1. The van der Waals surface area contributed by atoms with Crippen molar-refractivity contribution in [3.05, 3.63) is 36.7 Å². The minimum Gasteiger partial charge on any atom is -0.338 e. The van der Waals surface area contributed by atoms with Crippen LogP contribution in [0.4, 0.5) is 5.95 Å². The highest BCUT2D eigenvalue weighted by Crippen LogP contribution is 2.14. The van der Waals surface area contributed by atoms with Gasteiger partial charge < -0.3 is 9.47 Å². The molecule has 1 aliphatic rings. The van der Waals surface area contributed by atoms with Gasteiger partial charge in [0.05, 0.1) is 12.0 Å². The van der Waals surface area contributed by atoms with Crippen molar-refractivity contribution in [3.63, 3.8) is 0 Å². The van der Waals surface area contributed by atoms with E-state index in [1.807, 2.05) is 18.6 Å². The van der Waals surface area contributed by atoms with E-state index in [-0.39, 0.29) is 0 Å². The minimum atomic E-state index is 0.460. The van der Waals surface area contributed by atoms with Crippen LogP contribution in [-0.4, -0.2) is 50.6 Å². The molecule has 1 saturated heterocycles. The third kappa shape index (κ3) is 3.21. The van der Waals surface area contributed by atoms with Gasteiger partial charge in [-0.05, 0) is 19.9 Å². The molecule has 0 unspecified atom stereocenters. The Morgan fingerprint density at radius 1 is 1.10 bits per heavy atom. The minimum absolute atomic E-state index is 0.460. The molecule has 6 nitrogen and oxygen atoms in total. The summed E-state index contributed by atoms with van der Waals surface area (Å²) in [6, 6.07) is 2.31. The zero-order valence-corrected chi connectivity index (χ0v) is 12.7. The first kappa shape index (κ1) is 14.0. The number of hydrogen-bond acceptors (Lipinski definition) is 5. The third-order valence-electron chi connectivity index (χ3n) is 3.90. The van der Waals surface area contributed by atoms with E-state index >= 15 is 0 Å². The third-order valence-corrected chi connectivity index (χ3v) is 3.90. The van der Waals surface area contributed by atoms with Crippen LogP contribution < -0.4 is 4.90 Å². The van der Waals surface area contributed by atoms with Gasteiger partial charge in [-0.2, -0.15) is 0 Å². The summed E-state index contributed by atoms with van der Waals surface area (Å²) in [7, 11) is 0. The Kier molecular flexibility index (Phi) is 4.15. The topological polar surface area (TPSA) is 50.1 Å². The largest absolute Gasteiger partial charge is 0.338 e. The summed E-state index contributed by atoms with van der Waals surface area (Å²) in [5.41, 5.74) is 1.29. The molecule has 0 N–H and O–H groups in total. The first-order valence-corrected chi connectivity index (χ1v) is 7.49. The van der Waals surface area contributed by atoms with Crippen LogP contribution in [0.1, 0.15) is 25.6 Å². The van der Waals surface area contributed by atoms with Crippen molar-refractivity contribution >= 4 is 5.95 Å². The van der Waals surface area contributed by atoms with E-state index in [1.165, 1.54) is 5.69 Å². The van der Waals surface area contributed by atoms with Crippen LogP contribution in [0.2, 0.25) is 0 Å². The Bertz CT molecular complexity index is 557. The molecule has 0 atom stereocenters. The van der Waals surface area contributed by atoms with E-state index < -0.39 is 0 Å². The fourth-order valence-corrected chi connectivity index (χ4v) is 2.71. The maximum absolute atomic E-state index is 4.32. The summed E-state index contributed by atoms with van der Waals surface area (Å²) < 4.78 is 2.24. The molecule has 0 spiro atoms. The molecule has 0 saturated carbocycles. The summed E-state index contributed by atoms with van der Waals surface area (Å²) in [4.78, 5) is 17.6. The summed E-state index contributed by atoms with van der Waals surface area (Å²) >= 11 is 0. The second-order valence-electron chi connectivity index (χ2n) is 5.70. The van der Waals surface area contributed by atoms with E-state index in [4.69, 9.17) is 0 Å². The van der Waals surface area contributed by atoms with Crippen molar-refractivity contribution in [2.45, 2.75) is 26.4 Å². The maximum atomic E-state index is 4.32. The average Bonchev–Trinajstić information content (AvgIpc) is 2.97. The first-order chi connectivity index (χ1) is 10.2. The predicted molar refractivity (Wildman–Crippen MR) is 82.1 cm³/mol. The van der Waals surface area contributed by atoms with Gasteiger partial charge in [0.1, 0.15) is 0 Å². The van der Waals surface area contributed by atoms with Gasteiger partial charge >= 0.3 is 0 Å². The van der Waals surface area contributed by atoms with Gasteiger partial charge in [0.15, 0.2) is 0 Å². The molecule has 21 heavy (non-hydrogen) atoms. The Balaban J connectivity index is 1.58. The molecule has 0 amide bonds. The van der Waals surface area contributed by atoms with Gasteiger partial charge in [0, 0.05) is 57.4 Å². The van der Waals surface area contributed by atoms with Gasteiger partial charge in [0.2, 0.25) is 5.95 Å². The fraction of sp³-hybridized carbons (Fsp3) is 0.533. The Morgan fingerprint density at radius 2 is 1.81 bits per heavy atom. The summed E-state index contributed by atoms with van der Waals surface area (Å²) in [5.74, 6) is 0.837. The highest BCUT2D eigenvalue weighted by atomic mass is 15.3. The average molecular weight is 286 g/mol. The van der Waals surface area contributed by atoms with Crippen molar-refractivity contribution in [2.24, 2.45) is 0 Å². The molecule has 3 heterocycles. The van der Waals surface area contributed by atoms with Crippen LogP contribution >= 0.6 is 0 Å². The van der Waals surface area contributed by atoms with Crippen LogP contribution in [-0.2, 0) is 6.54 Å². The lowest BCUT2D eigenvalue weighted by Crippen LogP contribution is -2.46. The molecular formula is C15H22N6. The lowest BCUT2D eigenvalue weighted by atomic mass is 10.3. The standard InChI is InChI=1S/C15H22N6/c1-13(2)21-12-16-10-14(21)11-19-6-8-20(9-7-19)15-17-4-3-5-18-15/h3-5,10,12-13H,6-9,11H2,1-2H3. The molecule has 3 rings (SSSR count). The smallest absolute Gasteiger partial charge is 0.225 e. The van der Waals surface area contributed by atoms with Crippen molar-refractivity contribution in [1.29, 1.82) is 0 Å². The van der Waals surface area contributed by atoms with Gasteiger partial charge in [-0.3, -0.25) is 4.90 Å². The number of anilines is 1. The summed E-state index contributed by atoms with van der Waals surface area (Å²) in [5, 5.41) is 0. The zero-order chi connectivity index (χ0) is 14.7. The number of rotatable bonds is 4. The van der Waals surface area contributed by atoms with Crippen LogP contribution in [0.25, 0.3) is 0 Å². The monoisotopic (exact) mass is 286 g/mol. The van der Waals surface area contributed by atoms with E-state index in [9.17, 15) is 0 Å². The highest BCUT2D eigenvalue weighted by molar-refractivity contribution is 5.29. The van der Waals surface area contributed by atoms with Crippen molar-refractivity contribution in [2.75, 3.05) is 31.1 Å². The van der Waals surface area contributed by atoms with Crippen molar-refractivity contribution < 1.29 is 0 Å². The molecule has 2 aromatic heterocycles. The molecule has 6 heteroatoms. The highest BCUT2D eigenvalue weighted by Gasteiger charge is 2.19. The van der Waals surface area contributed by atoms with E-state index in [0.29, 0.717) is 6.04 Å². The normalized spacial score (nSPS) is 16.6. The number of nitrogens with zero attached hydrogens (tertiary/aromatic N) is 6. The molecule has 112 valence electrons. The summed E-state index contributed by atoms with van der Waals surface area (Å²) in [6.07, 6.45) is 7.51. The van der Waals surface area contributed by atoms with Crippen LogP contribution in [0.15, 0.2) is 31.0 Å². The number of piperazine rings is 1.